The number of hydrogen-bond donors (Lipinski definition) is 0. The Hall–Kier alpha value is -4.80. The van der Waals surface area contributed by atoms with Gasteiger partial charge in [0.15, 0.2) is 8.07 Å². The van der Waals surface area contributed by atoms with Crippen molar-refractivity contribution in [2.45, 2.75) is 70.3 Å². The zero-order valence-electron chi connectivity index (χ0n) is 31.7. The molecule has 54 heavy (non-hydrogen) atoms. The summed E-state index contributed by atoms with van der Waals surface area (Å²) in [5.41, 5.74) is 13.2. The van der Waals surface area contributed by atoms with Crippen molar-refractivity contribution in [3.05, 3.63) is 145 Å². The Kier molecular flexibility index (Phi) is 6.37. The van der Waals surface area contributed by atoms with Crippen LogP contribution < -0.4 is 46.9 Å². The number of benzene rings is 6. The second-order valence-electron chi connectivity index (χ2n) is 18.7. The van der Waals surface area contributed by atoms with Gasteiger partial charge in [-0.15, -0.1) is 0 Å². The Balaban J connectivity index is 1.22. The maximum Gasteiger partial charge on any atom is 0.251 e. The van der Waals surface area contributed by atoms with Crippen molar-refractivity contribution < 1.29 is 0 Å². The van der Waals surface area contributed by atoms with Gasteiger partial charge < -0.3 is 9.80 Å². The van der Waals surface area contributed by atoms with E-state index >= 15 is 0 Å². The number of hydrogen-bond acceptors (Lipinski definition) is 2. The van der Waals surface area contributed by atoms with Crippen molar-refractivity contribution >= 4 is 80.4 Å². The molecule has 3 heterocycles. The zero-order valence-corrected chi connectivity index (χ0v) is 32.7. The molecular weight excluding hydrogens is 667 g/mol. The summed E-state index contributed by atoms with van der Waals surface area (Å²) < 4.78 is 0. The van der Waals surface area contributed by atoms with Gasteiger partial charge in [-0.3, -0.25) is 0 Å². The van der Waals surface area contributed by atoms with Crippen molar-refractivity contribution in [3.8, 4) is 0 Å². The summed E-state index contributed by atoms with van der Waals surface area (Å²) >= 11 is 0. The molecule has 0 amide bonds. The Morgan fingerprint density at radius 2 is 0.981 bits per heavy atom. The lowest BCUT2D eigenvalue weighted by atomic mass is 9.33. The summed E-state index contributed by atoms with van der Waals surface area (Å²) in [5, 5.41) is 6.09. The van der Waals surface area contributed by atoms with E-state index in [0.29, 0.717) is 0 Å². The minimum absolute atomic E-state index is 0.0956. The molecule has 3 aliphatic heterocycles. The Bertz CT molecular complexity index is 2410. The van der Waals surface area contributed by atoms with Gasteiger partial charge in [0.05, 0.1) is 0 Å². The largest absolute Gasteiger partial charge is 0.336 e. The zero-order chi connectivity index (χ0) is 36.0. The molecular formula is C50H47BN2Si. The van der Waals surface area contributed by atoms with Crippen LogP contribution in [0.15, 0.2) is 140 Å². The molecule has 6 aromatic carbocycles. The van der Waals surface area contributed by atoms with Crippen LogP contribution in [0.2, 0.25) is 0 Å². The molecule has 264 valence electrons. The first-order chi connectivity index (χ1) is 26.3. The van der Waals surface area contributed by atoms with Crippen molar-refractivity contribution in [1.29, 1.82) is 0 Å². The number of rotatable bonds is 4. The smallest absolute Gasteiger partial charge is 0.251 e. The summed E-state index contributed by atoms with van der Waals surface area (Å²) in [6, 6.07) is 55.0. The minimum Gasteiger partial charge on any atom is -0.336 e. The molecule has 2 nitrogen and oxygen atoms in total. The second kappa shape index (κ2) is 10.9. The molecule has 7 aliphatic rings. The van der Waals surface area contributed by atoms with Gasteiger partial charge in [-0.05, 0) is 141 Å². The Morgan fingerprint density at radius 1 is 0.519 bits per heavy atom. The molecule has 4 bridgehead atoms. The first-order valence-electron chi connectivity index (χ1n) is 20.6. The van der Waals surface area contributed by atoms with E-state index in [2.05, 4.69) is 170 Å². The summed E-state index contributed by atoms with van der Waals surface area (Å²) in [6.07, 6.45) is 8.33. The van der Waals surface area contributed by atoms with Crippen LogP contribution in [0.3, 0.4) is 0 Å². The topological polar surface area (TPSA) is 6.48 Å². The summed E-state index contributed by atoms with van der Waals surface area (Å²) in [7, 11) is -2.79. The second-order valence-corrected chi connectivity index (χ2v) is 22.4. The third-order valence-corrected chi connectivity index (χ3v) is 19.6. The maximum atomic E-state index is 2.99. The molecule has 4 saturated carbocycles. The van der Waals surface area contributed by atoms with Crippen LogP contribution in [0.4, 0.5) is 28.4 Å². The van der Waals surface area contributed by atoms with Crippen molar-refractivity contribution in [3.63, 3.8) is 0 Å². The highest BCUT2D eigenvalue weighted by molar-refractivity contribution is 7.27. The molecule has 6 aromatic rings. The van der Waals surface area contributed by atoms with Gasteiger partial charge >= 0.3 is 0 Å². The Labute approximate surface area is 322 Å². The molecule has 4 aliphatic carbocycles. The lowest BCUT2D eigenvalue weighted by Crippen LogP contribution is -2.88. The van der Waals surface area contributed by atoms with Crippen LogP contribution in [-0.2, 0) is 5.41 Å². The number of nitrogens with zero attached hydrogens (tertiary/aromatic N) is 2. The van der Waals surface area contributed by atoms with Gasteiger partial charge in [0.2, 0.25) is 0 Å². The van der Waals surface area contributed by atoms with E-state index in [1.807, 2.05) is 0 Å². The first-order valence-corrected chi connectivity index (χ1v) is 22.6. The molecule has 4 heteroatoms. The molecule has 0 atom stereocenters. The monoisotopic (exact) mass is 714 g/mol. The molecule has 13 rings (SSSR count). The van der Waals surface area contributed by atoms with E-state index < -0.39 is 8.07 Å². The average Bonchev–Trinajstić information content (AvgIpc) is 3.18. The van der Waals surface area contributed by atoms with Gasteiger partial charge in [-0.25, -0.2) is 0 Å². The lowest BCUT2D eigenvalue weighted by Gasteiger charge is -2.63. The van der Waals surface area contributed by atoms with Crippen molar-refractivity contribution in [1.82, 2.24) is 0 Å². The van der Waals surface area contributed by atoms with Crippen LogP contribution in [0, 0.1) is 17.8 Å². The molecule has 4 fully saturated rings. The molecule has 0 radical (unpaired) electrons. The fourth-order valence-corrected chi connectivity index (χ4v) is 18.5. The molecule has 0 unspecified atom stereocenters. The average molecular weight is 715 g/mol. The maximum absolute atomic E-state index is 2.99. The van der Waals surface area contributed by atoms with Crippen LogP contribution in [0.25, 0.3) is 0 Å². The van der Waals surface area contributed by atoms with E-state index in [0.717, 1.165) is 17.8 Å². The summed E-state index contributed by atoms with van der Waals surface area (Å²) in [6.45, 7) is 7.15. The van der Waals surface area contributed by atoms with Crippen LogP contribution in [-0.4, -0.2) is 20.3 Å². The highest BCUT2D eigenvalue weighted by Crippen LogP contribution is 2.60. The van der Waals surface area contributed by atoms with Gasteiger partial charge in [0.25, 0.3) is 6.71 Å². The number of anilines is 5. The van der Waals surface area contributed by atoms with Gasteiger partial charge in [0, 0.05) is 34.0 Å². The van der Waals surface area contributed by atoms with E-state index in [1.165, 1.54) is 93.8 Å². The summed E-state index contributed by atoms with van der Waals surface area (Å²) in [5.74, 6) is 2.58. The minimum atomic E-state index is -2.79. The molecule has 0 N–H and O–H groups in total. The third-order valence-electron chi connectivity index (χ3n) is 14.7. The van der Waals surface area contributed by atoms with Gasteiger partial charge in [0.1, 0.15) is 0 Å². The molecule has 0 saturated heterocycles. The van der Waals surface area contributed by atoms with E-state index in [-0.39, 0.29) is 17.7 Å². The highest BCUT2D eigenvalue weighted by Gasteiger charge is 2.60. The predicted octanol–water partition coefficient (Wildman–Crippen LogP) is 7.39. The van der Waals surface area contributed by atoms with Crippen molar-refractivity contribution in [2.75, 3.05) is 9.80 Å². The third kappa shape index (κ3) is 4.03. The van der Waals surface area contributed by atoms with Crippen molar-refractivity contribution in [2.24, 2.45) is 17.8 Å². The molecule has 0 aromatic heterocycles. The van der Waals surface area contributed by atoms with Crippen LogP contribution >= 0.6 is 0 Å². The fraction of sp³-hybridized carbons (Fsp3) is 0.280. The van der Waals surface area contributed by atoms with Crippen LogP contribution in [0.5, 0.6) is 0 Å². The molecule has 0 spiro atoms. The fourth-order valence-electron chi connectivity index (χ4n) is 13.2. The van der Waals surface area contributed by atoms with Gasteiger partial charge in [-0.1, -0.05) is 124 Å². The lowest BCUT2D eigenvalue weighted by molar-refractivity contribution is 0.000642. The van der Waals surface area contributed by atoms with E-state index in [4.69, 9.17) is 0 Å². The highest BCUT2D eigenvalue weighted by atomic mass is 28.3. The predicted molar refractivity (Wildman–Crippen MR) is 231 cm³/mol. The SMILES string of the molecule is CC(C)(C)c1ccc(N2c3cccc4c3B3c5c2cccc5[Si](c2ccccc2)(c2ccccc2)c2cccc(c23)N4C23CC4CC(CC(C4)C2)C3)cc1. The van der Waals surface area contributed by atoms with Crippen LogP contribution in [0.1, 0.15) is 64.9 Å². The summed E-state index contributed by atoms with van der Waals surface area (Å²) in [4.78, 5) is 5.63. The van der Waals surface area contributed by atoms with E-state index in [9.17, 15) is 0 Å². The Morgan fingerprint density at radius 3 is 1.52 bits per heavy atom. The first kappa shape index (κ1) is 31.5. The quantitative estimate of drug-likeness (QED) is 0.176. The standard InChI is InChI=1S/C50H47BN2Si/c1-49(2,3)36-23-25-37(26-24-36)52-40-17-10-19-42-46(40)51-47-41(52)18-11-21-44(47)54(38-13-6-4-7-14-38,39-15-8-5-9-16-39)45-22-12-20-43(48(45)51)53(42)50-30-33-27-34(31-50)29-35(28-33)32-50/h4-26,33-35H,27-32H2,1-3H3. The normalized spacial score (nSPS) is 24.8. The van der Waals surface area contributed by atoms with E-state index in [1.54, 1.807) is 15.8 Å². The van der Waals surface area contributed by atoms with Gasteiger partial charge in [-0.2, -0.15) is 0 Å².